The smallest absolute Gasteiger partial charge is 0.125 e. The Morgan fingerprint density at radius 2 is 1.79 bits per heavy atom. The number of nitrogen functional groups attached to an aromatic ring is 1. The molecular formula is C16H19NO2. The van der Waals surface area contributed by atoms with Crippen LogP contribution in [0.2, 0.25) is 0 Å². The summed E-state index contributed by atoms with van der Waals surface area (Å²) in [5.74, 6) is 1.65. The first-order valence-corrected chi connectivity index (χ1v) is 6.22. The van der Waals surface area contributed by atoms with Gasteiger partial charge in [0.2, 0.25) is 0 Å². The Kier molecular flexibility index (Phi) is 3.95. The van der Waals surface area contributed by atoms with Crippen molar-refractivity contribution in [2.45, 2.75) is 20.5 Å². The van der Waals surface area contributed by atoms with Crippen molar-refractivity contribution in [2.75, 3.05) is 12.8 Å². The average molecular weight is 257 g/mol. The summed E-state index contributed by atoms with van der Waals surface area (Å²) in [7, 11) is 1.67. The zero-order valence-electron chi connectivity index (χ0n) is 11.6. The van der Waals surface area contributed by atoms with Crippen LogP contribution in [0.3, 0.4) is 0 Å². The summed E-state index contributed by atoms with van der Waals surface area (Å²) in [5, 5.41) is 0. The fraction of sp³-hybridized carbons (Fsp3) is 0.250. The maximum atomic E-state index is 5.84. The molecular weight excluding hydrogens is 238 g/mol. The van der Waals surface area contributed by atoms with Crippen LogP contribution in [0.1, 0.15) is 16.7 Å². The molecule has 0 unspecified atom stereocenters. The van der Waals surface area contributed by atoms with Gasteiger partial charge >= 0.3 is 0 Å². The van der Waals surface area contributed by atoms with Gasteiger partial charge in [-0.1, -0.05) is 17.7 Å². The third-order valence-electron chi connectivity index (χ3n) is 3.03. The Balaban J connectivity index is 2.18. The number of anilines is 1. The lowest BCUT2D eigenvalue weighted by Crippen LogP contribution is -2.01. The van der Waals surface area contributed by atoms with E-state index >= 15 is 0 Å². The predicted molar refractivity (Wildman–Crippen MR) is 77.7 cm³/mol. The minimum absolute atomic E-state index is 0.467. The van der Waals surface area contributed by atoms with Crippen LogP contribution < -0.4 is 15.2 Å². The molecule has 0 amide bonds. The molecule has 19 heavy (non-hydrogen) atoms. The molecule has 3 heteroatoms. The van der Waals surface area contributed by atoms with Crippen molar-refractivity contribution in [1.29, 1.82) is 0 Å². The minimum Gasteiger partial charge on any atom is -0.496 e. The topological polar surface area (TPSA) is 44.5 Å². The zero-order valence-corrected chi connectivity index (χ0v) is 11.6. The molecule has 3 nitrogen and oxygen atoms in total. The molecule has 2 rings (SSSR count). The molecule has 0 spiro atoms. The van der Waals surface area contributed by atoms with Crippen molar-refractivity contribution in [2.24, 2.45) is 0 Å². The Bertz CT molecular complexity index is 579. The van der Waals surface area contributed by atoms with Gasteiger partial charge in [0.05, 0.1) is 7.11 Å². The minimum atomic E-state index is 0.467. The number of methoxy groups -OCH3 is 1. The summed E-state index contributed by atoms with van der Waals surface area (Å²) >= 11 is 0. The van der Waals surface area contributed by atoms with Crippen LogP contribution in [0.15, 0.2) is 36.4 Å². The van der Waals surface area contributed by atoms with Crippen LogP contribution in [0.4, 0.5) is 5.69 Å². The highest BCUT2D eigenvalue weighted by Gasteiger charge is 2.06. The van der Waals surface area contributed by atoms with Gasteiger partial charge in [0, 0.05) is 17.3 Å². The molecule has 0 atom stereocenters. The van der Waals surface area contributed by atoms with Crippen LogP contribution in [-0.2, 0) is 6.61 Å². The van der Waals surface area contributed by atoms with Gasteiger partial charge in [-0.3, -0.25) is 0 Å². The molecule has 0 saturated carbocycles. The molecule has 0 aromatic heterocycles. The molecule has 0 heterocycles. The fourth-order valence-corrected chi connectivity index (χ4v) is 1.95. The molecule has 0 aliphatic carbocycles. The highest BCUT2D eigenvalue weighted by molar-refractivity contribution is 5.48. The van der Waals surface area contributed by atoms with E-state index in [0.29, 0.717) is 12.3 Å². The van der Waals surface area contributed by atoms with Crippen LogP contribution in [0.5, 0.6) is 11.5 Å². The molecule has 0 aliphatic rings. The number of rotatable bonds is 4. The third-order valence-corrected chi connectivity index (χ3v) is 3.03. The second-order valence-corrected chi connectivity index (χ2v) is 4.63. The maximum Gasteiger partial charge on any atom is 0.125 e. The summed E-state index contributed by atoms with van der Waals surface area (Å²) in [6, 6.07) is 11.7. The van der Waals surface area contributed by atoms with E-state index in [1.54, 1.807) is 7.11 Å². The monoisotopic (exact) mass is 257 g/mol. The van der Waals surface area contributed by atoms with Gasteiger partial charge < -0.3 is 15.2 Å². The van der Waals surface area contributed by atoms with Gasteiger partial charge in [-0.2, -0.15) is 0 Å². The first kappa shape index (κ1) is 13.3. The van der Waals surface area contributed by atoms with Gasteiger partial charge in [-0.05, 0) is 37.6 Å². The molecule has 100 valence electrons. The Labute approximate surface area is 114 Å². The summed E-state index contributed by atoms with van der Waals surface area (Å²) in [5.41, 5.74) is 9.76. The normalized spacial score (nSPS) is 10.3. The summed E-state index contributed by atoms with van der Waals surface area (Å²) in [6.45, 7) is 4.52. The second kappa shape index (κ2) is 5.65. The van der Waals surface area contributed by atoms with E-state index in [9.17, 15) is 0 Å². The fourth-order valence-electron chi connectivity index (χ4n) is 1.95. The number of aryl methyl sites for hydroxylation is 2. The number of hydrogen-bond donors (Lipinski definition) is 1. The van der Waals surface area contributed by atoms with Crippen LogP contribution in [0, 0.1) is 13.8 Å². The van der Waals surface area contributed by atoms with E-state index in [0.717, 1.165) is 22.6 Å². The van der Waals surface area contributed by atoms with Crippen molar-refractivity contribution >= 4 is 5.69 Å². The van der Waals surface area contributed by atoms with Crippen molar-refractivity contribution in [3.05, 3.63) is 53.1 Å². The number of benzene rings is 2. The summed E-state index contributed by atoms with van der Waals surface area (Å²) < 4.78 is 11.2. The summed E-state index contributed by atoms with van der Waals surface area (Å²) in [6.07, 6.45) is 0. The molecule has 0 fully saturated rings. The van der Waals surface area contributed by atoms with Gasteiger partial charge in [0.15, 0.2) is 0 Å². The SMILES string of the molecule is COc1ccc(C)cc1COc1cc(N)ccc1C. The van der Waals surface area contributed by atoms with E-state index in [2.05, 4.69) is 13.0 Å². The van der Waals surface area contributed by atoms with Gasteiger partial charge in [0.25, 0.3) is 0 Å². The van der Waals surface area contributed by atoms with Crippen molar-refractivity contribution in [3.8, 4) is 11.5 Å². The number of ether oxygens (including phenoxy) is 2. The highest BCUT2D eigenvalue weighted by Crippen LogP contribution is 2.25. The molecule has 2 N–H and O–H groups in total. The molecule has 2 aromatic rings. The van der Waals surface area contributed by atoms with E-state index in [1.807, 2.05) is 37.3 Å². The standard InChI is InChI=1S/C16H19NO2/c1-11-4-7-15(18-3)13(8-11)10-19-16-9-14(17)6-5-12(16)2/h4-9H,10,17H2,1-3H3. The Morgan fingerprint density at radius 1 is 1.00 bits per heavy atom. The van der Waals surface area contributed by atoms with E-state index in [-0.39, 0.29) is 0 Å². The zero-order chi connectivity index (χ0) is 13.8. The lowest BCUT2D eigenvalue weighted by molar-refractivity contribution is 0.295. The van der Waals surface area contributed by atoms with Crippen molar-refractivity contribution in [3.63, 3.8) is 0 Å². The van der Waals surface area contributed by atoms with Gasteiger partial charge in [-0.15, -0.1) is 0 Å². The van der Waals surface area contributed by atoms with E-state index in [1.165, 1.54) is 5.56 Å². The second-order valence-electron chi connectivity index (χ2n) is 4.63. The van der Waals surface area contributed by atoms with Gasteiger partial charge in [-0.25, -0.2) is 0 Å². The van der Waals surface area contributed by atoms with E-state index < -0.39 is 0 Å². The third kappa shape index (κ3) is 3.19. The van der Waals surface area contributed by atoms with E-state index in [4.69, 9.17) is 15.2 Å². The van der Waals surface area contributed by atoms with Crippen molar-refractivity contribution in [1.82, 2.24) is 0 Å². The van der Waals surface area contributed by atoms with Crippen molar-refractivity contribution < 1.29 is 9.47 Å². The maximum absolute atomic E-state index is 5.84. The largest absolute Gasteiger partial charge is 0.496 e. The highest BCUT2D eigenvalue weighted by atomic mass is 16.5. The quantitative estimate of drug-likeness (QED) is 0.853. The first-order valence-electron chi connectivity index (χ1n) is 6.22. The first-order chi connectivity index (χ1) is 9.10. The summed E-state index contributed by atoms with van der Waals surface area (Å²) in [4.78, 5) is 0. The van der Waals surface area contributed by atoms with Crippen LogP contribution in [-0.4, -0.2) is 7.11 Å². The Morgan fingerprint density at radius 3 is 2.53 bits per heavy atom. The number of hydrogen-bond acceptors (Lipinski definition) is 3. The molecule has 0 radical (unpaired) electrons. The average Bonchev–Trinajstić information content (AvgIpc) is 2.40. The molecule has 0 bridgehead atoms. The van der Waals surface area contributed by atoms with Crippen LogP contribution in [0.25, 0.3) is 0 Å². The lowest BCUT2D eigenvalue weighted by atomic mass is 10.1. The Hall–Kier alpha value is -2.16. The van der Waals surface area contributed by atoms with Gasteiger partial charge in [0.1, 0.15) is 18.1 Å². The predicted octanol–water partition coefficient (Wildman–Crippen LogP) is 3.47. The molecule has 2 aromatic carbocycles. The molecule has 0 aliphatic heterocycles. The molecule has 0 saturated heterocycles. The van der Waals surface area contributed by atoms with Crippen LogP contribution >= 0.6 is 0 Å². The lowest BCUT2D eigenvalue weighted by Gasteiger charge is -2.13. The number of nitrogens with two attached hydrogens (primary N) is 1.